The minimum atomic E-state index is -1.39. The largest absolute Gasteiger partial charge is 0.393 e. The van der Waals surface area contributed by atoms with Gasteiger partial charge in [0.15, 0.2) is 0 Å². The first-order chi connectivity index (χ1) is 7.54. The summed E-state index contributed by atoms with van der Waals surface area (Å²) in [6.07, 6.45) is 2.41. The maximum Gasteiger partial charge on any atom is 0.220 e. The topological polar surface area (TPSA) is 66.6 Å². The number of primary amides is 1. The summed E-state index contributed by atoms with van der Waals surface area (Å²) >= 11 is 0. The van der Waals surface area contributed by atoms with Crippen molar-refractivity contribution in [2.75, 3.05) is 19.7 Å². The number of amides is 1. The molecule has 16 heavy (non-hydrogen) atoms. The summed E-state index contributed by atoms with van der Waals surface area (Å²) in [5.74, 6) is -0.205. The van der Waals surface area contributed by atoms with Gasteiger partial charge in [0.05, 0.1) is 6.61 Å². The highest BCUT2D eigenvalue weighted by atomic mass is 19.1. The number of aliphatic hydroxyl groups is 1. The Labute approximate surface area is 94.6 Å². The summed E-state index contributed by atoms with van der Waals surface area (Å²) in [6, 6.07) is 0.390. The van der Waals surface area contributed by atoms with Crippen LogP contribution in [-0.2, 0) is 4.79 Å². The van der Waals surface area contributed by atoms with Crippen LogP contribution in [0.3, 0.4) is 0 Å². The molecule has 0 spiro atoms. The van der Waals surface area contributed by atoms with E-state index in [1.807, 2.05) is 0 Å². The van der Waals surface area contributed by atoms with E-state index in [1.165, 1.54) is 0 Å². The number of likely N-dealkylation sites (tertiary alicyclic amines) is 1. The van der Waals surface area contributed by atoms with E-state index >= 15 is 0 Å². The zero-order valence-electron chi connectivity index (χ0n) is 9.36. The average molecular weight is 230 g/mol. The maximum absolute atomic E-state index is 13.7. The first kappa shape index (κ1) is 11.8. The molecule has 0 bridgehead atoms. The van der Waals surface area contributed by atoms with E-state index in [0.29, 0.717) is 32.0 Å². The minimum Gasteiger partial charge on any atom is -0.393 e. The Morgan fingerprint density at radius 1 is 1.44 bits per heavy atom. The quantitative estimate of drug-likeness (QED) is 0.719. The molecule has 2 rings (SSSR count). The van der Waals surface area contributed by atoms with Crippen molar-refractivity contribution in [3.05, 3.63) is 0 Å². The molecule has 2 aliphatic rings. The lowest BCUT2D eigenvalue weighted by atomic mass is 9.77. The van der Waals surface area contributed by atoms with Gasteiger partial charge in [-0.15, -0.1) is 0 Å². The summed E-state index contributed by atoms with van der Waals surface area (Å²) in [4.78, 5) is 13.1. The second-order valence-corrected chi connectivity index (χ2v) is 5.07. The third-order valence-corrected chi connectivity index (χ3v) is 4.01. The van der Waals surface area contributed by atoms with Crippen LogP contribution < -0.4 is 5.73 Å². The molecular formula is C11H19FN2O2. The van der Waals surface area contributed by atoms with Gasteiger partial charge in [-0.25, -0.2) is 4.39 Å². The lowest BCUT2D eigenvalue weighted by Gasteiger charge is -2.45. The number of aliphatic hydroxyl groups excluding tert-OH is 1. The Morgan fingerprint density at radius 3 is 2.44 bits per heavy atom. The normalized spacial score (nSPS) is 34.4. The van der Waals surface area contributed by atoms with Gasteiger partial charge >= 0.3 is 0 Å². The van der Waals surface area contributed by atoms with Gasteiger partial charge in [-0.3, -0.25) is 4.79 Å². The van der Waals surface area contributed by atoms with Crippen LogP contribution >= 0.6 is 0 Å². The summed E-state index contributed by atoms with van der Waals surface area (Å²) < 4.78 is 13.7. The predicted octanol–water partition coefficient (Wildman–Crippen LogP) is 0.0467. The number of nitrogens with zero attached hydrogens (tertiary/aromatic N) is 1. The van der Waals surface area contributed by atoms with Gasteiger partial charge in [0.25, 0.3) is 0 Å². The number of carbonyl (C=O) groups is 1. The lowest BCUT2D eigenvalue weighted by molar-refractivity contribution is -0.127. The number of carbonyl (C=O) groups excluding carboxylic acids is 1. The Morgan fingerprint density at radius 2 is 2.00 bits per heavy atom. The zero-order valence-corrected chi connectivity index (χ0v) is 9.36. The van der Waals surface area contributed by atoms with Crippen LogP contribution in [0, 0.1) is 5.92 Å². The second-order valence-electron chi connectivity index (χ2n) is 5.07. The number of hydrogen-bond donors (Lipinski definition) is 2. The zero-order chi connectivity index (χ0) is 11.8. The Kier molecular flexibility index (Phi) is 3.17. The first-order valence-corrected chi connectivity index (χ1v) is 5.87. The SMILES string of the molecule is NC(=O)C1CC(N2CCC(F)(CO)CC2)C1. The fourth-order valence-electron chi connectivity index (χ4n) is 2.57. The van der Waals surface area contributed by atoms with Crippen LogP contribution in [0.2, 0.25) is 0 Å². The molecule has 1 aliphatic heterocycles. The highest BCUT2D eigenvalue weighted by Gasteiger charge is 2.41. The third-order valence-electron chi connectivity index (χ3n) is 4.01. The molecule has 0 aromatic rings. The van der Waals surface area contributed by atoms with Crippen LogP contribution in [0.4, 0.5) is 4.39 Å². The van der Waals surface area contributed by atoms with Gasteiger partial charge in [0.1, 0.15) is 5.67 Å². The number of piperidine rings is 1. The van der Waals surface area contributed by atoms with Crippen molar-refractivity contribution in [2.24, 2.45) is 11.7 Å². The number of halogens is 1. The van der Waals surface area contributed by atoms with Crippen molar-refractivity contribution in [3.63, 3.8) is 0 Å². The molecule has 0 aromatic carbocycles. The van der Waals surface area contributed by atoms with E-state index in [1.54, 1.807) is 0 Å². The highest BCUT2D eigenvalue weighted by Crippen LogP contribution is 2.35. The predicted molar refractivity (Wildman–Crippen MR) is 57.4 cm³/mol. The second kappa shape index (κ2) is 4.30. The van der Waals surface area contributed by atoms with E-state index in [0.717, 1.165) is 12.8 Å². The molecule has 4 nitrogen and oxygen atoms in total. The fourth-order valence-corrected chi connectivity index (χ4v) is 2.57. The van der Waals surface area contributed by atoms with Gasteiger partial charge in [0.2, 0.25) is 5.91 Å². The Hall–Kier alpha value is -0.680. The smallest absolute Gasteiger partial charge is 0.220 e. The van der Waals surface area contributed by atoms with Crippen molar-refractivity contribution in [2.45, 2.75) is 37.4 Å². The molecular weight excluding hydrogens is 211 g/mol. The van der Waals surface area contributed by atoms with E-state index in [9.17, 15) is 9.18 Å². The molecule has 1 amide bonds. The Balaban J connectivity index is 1.77. The van der Waals surface area contributed by atoms with Crippen LogP contribution in [0.15, 0.2) is 0 Å². The van der Waals surface area contributed by atoms with E-state index in [-0.39, 0.29) is 18.4 Å². The summed E-state index contributed by atoms with van der Waals surface area (Å²) in [6.45, 7) is 0.968. The molecule has 1 saturated heterocycles. The molecule has 5 heteroatoms. The van der Waals surface area contributed by atoms with Gasteiger partial charge in [-0.05, 0) is 25.7 Å². The average Bonchev–Trinajstić information content (AvgIpc) is 2.18. The molecule has 1 heterocycles. The minimum absolute atomic E-state index is 0.0138. The van der Waals surface area contributed by atoms with Gasteiger partial charge in [-0.1, -0.05) is 0 Å². The van der Waals surface area contributed by atoms with E-state index in [4.69, 9.17) is 10.8 Å². The van der Waals surface area contributed by atoms with Crippen LogP contribution in [0.1, 0.15) is 25.7 Å². The highest BCUT2D eigenvalue weighted by molar-refractivity contribution is 5.77. The van der Waals surface area contributed by atoms with Crippen molar-refractivity contribution in [1.82, 2.24) is 4.90 Å². The van der Waals surface area contributed by atoms with Crippen molar-refractivity contribution < 1.29 is 14.3 Å². The van der Waals surface area contributed by atoms with Crippen LogP contribution in [0.25, 0.3) is 0 Å². The molecule has 0 atom stereocenters. The molecule has 3 N–H and O–H groups in total. The molecule has 2 fully saturated rings. The number of hydrogen-bond acceptors (Lipinski definition) is 3. The Bertz CT molecular complexity index is 271. The first-order valence-electron chi connectivity index (χ1n) is 5.87. The number of rotatable bonds is 3. The van der Waals surface area contributed by atoms with Gasteiger partial charge in [-0.2, -0.15) is 0 Å². The van der Waals surface area contributed by atoms with Gasteiger partial charge < -0.3 is 15.7 Å². The standard InChI is InChI=1S/C11H19FN2O2/c12-11(7-15)1-3-14(4-2-11)9-5-8(6-9)10(13)16/h8-9,15H,1-7H2,(H2,13,16). The maximum atomic E-state index is 13.7. The third kappa shape index (κ3) is 2.20. The fraction of sp³-hybridized carbons (Fsp3) is 0.909. The van der Waals surface area contributed by atoms with Gasteiger partial charge in [0, 0.05) is 25.0 Å². The molecule has 0 unspecified atom stereocenters. The van der Waals surface area contributed by atoms with Crippen molar-refractivity contribution in [1.29, 1.82) is 0 Å². The molecule has 1 saturated carbocycles. The van der Waals surface area contributed by atoms with Crippen molar-refractivity contribution >= 4 is 5.91 Å². The van der Waals surface area contributed by atoms with Crippen molar-refractivity contribution in [3.8, 4) is 0 Å². The molecule has 1 aliphatic carbocycles. The molecule has 0 aromatic heterocycles. The molecule has 0 radical (unpaired) electrons. The monoisotopic (exact) mass is 230 g/mol. The van der Waals surface area contributed by atoms with Crippen LogP contribution in [-0.4, -0.2) is 47.3 Å². The summed E-state index contributed by atoms with van der Waals surface area (Å²) in [5.41, 5.74) is 3.82. The summed E-state index contributed by atoms with van der Waals surface area (Å²) in [7, 11) is 0. The van der Waals surface area contributed by atoms with Crippen LogP contribution in [0.5, 0.6) is 0 Å². The molecule has 92 valence electrons. The lowest BCUT2D eigenvalue weighted by Crippen LogP contribution is -2.53. The summed E-state index contributed by atoms with van der Waals surface area (Å²) in [5, 5.41) is 8.91. The number of nitrogens with two attached hydrogens (primary N) is 1. The van der Waals surface area contributed by atoms with E-state index < -0.39 is 5.67 Å². The van der Waals surface area contributed by atoms with E-state index in [2.05, 4.69) is 4.90 Å². The number of alkyl halides is 1.